The second-order valence-electron chi connectivity index (χ2n) is 7.54. The third-order valence-electron chi connectivity index (χ3n) is 4.99. The molecule has 3 heterocycles. The monoisotopic (exact) mass is 376 g/mol. The van der Waals surface area contributed by atoms with Gasteiger partial charge < -0.3 is 14.6 Å². The number of aromatic nitrogens is 2. The van der Waals surface area contributed by atoms with Crippen molar-refractivity contribution >= 4 is 10.0 Å². The molecule has 8 heteroatoms. The highest BCUT2D eigenvalue weighted by molar-refractivity contribution is 7.89. The van der Waals surface area contributed by atoms with Gasteiger partial charge in [-0.25, -0.2) is 13.4 Å². The average molecular weight is 376 g/mol. The predicted molar refractivity (Wildman–Crippen MR) is 97.6 cm³/mol. The molecule has 1 unspecified atom stereocenters. The van der Waals surface area contributed by atoms with E-state index in [1.54, 1.807) is 28.7 Å². The molecule has 0 aliphatic carbocycles. The molecule has 1 fully saturated rings. The zero-order chi connectivity index (χ0) is 18.5. The molecule has 0 spiro atoms. The van der Waals surface area contributed by atoms with Gasteiger partial charge in [0.1, 0.15) is 17.2 Å². The maximum absolute atomic E-state index is 13.4. The molecule has 26 heavy (non-hydrogen) atoms. The minimum Gasteiger partial charge on any atom is -0.487 e. The van der Waals surface area contributed by atoms with Gasteiger partial charge in [-0.1, -0.05) is 0 Å². The van der Waals surface area contributed by atoms with Crippen molar-refractivity contribution < 1.29 is 13.2 Å². The number of benzene rings is 1. The van der Waals surface area contributed by atoms with Crippen LogP contribution < -0.4 is 10.1 Å². The summed E-state index contributed by atoms with van der Waals surface area (Å²) < 4.78 is 36.1. The Bertz CT molecular complexity index is 936. The molecule has 2 aliphatic rings. The molecule has 0 saturated carbocycles. The molecule has 1 saturated heterocycles. The largest absolute Gasteiger partial charge is 0.487 e. The van der Waals surface area contributed by atoms with E-state index in [-0.39, 0.29) is 11.6 Å². The molecule has 0 bridgehead atoms. The van der Waals surface area contributed by atoms with Crippen molar-refractivity contribution in [1.29, 1.82) is 0 Å². The van der Waals surface area contributed by atoms with Crippen molar-refractivity contribution in [3.05, 3.63) is 42.0 Å². The molecular formula is C18H24N4O3S. The highest BCUT2D eigenvalue weighted by atomic mass is 32.2. The van der Waals surface area contributed by atoms with Crippen molar-refractivity contribution in [2.45, 2.75) is 36.8 Å². The SMILES string of the molecule is Cn1ccnc1C1CNCCN1S(=O)(=O)c1ccc2c(c1)CC(C)(C)O2. The second-order valence-corrected chi connectivity index (χ2v) is 9.43. The third kappa shape index (κ3) is 2.91. The first-order valence-electron chi connectivity index (χ1n) is 8.80. The Balaban J connectivity index is 1.71. The number of aryl methyl sites for hydroxylation is 1. The van der Waals surface area contributed by atoms with Crippen molar-refractivity contribution in [2.75, 3.05) is 19.6 Å². The summed E-state index contributed by atoms with van der Waals surface area (Å²) in [6.45, 7) is 5.61. The summed E-state index contributed by atoms with van der Waals surface area (Å²) in [7, 11) is -1.74. The van der Waals surface area contributed by atoms with Gasteiger partial charge >= 0.3 is 0 Å². The molecule has 1 aromatic heterocycles. The minimum atomic E-state index is -3.63. The molecule has 1 atom stereocenters. The van der Waals surface area contributed by atoms with E-state index in [0.717, 1.165) is 17.1 Å². The van der Waals surface area contributed by atoms with Crippen LogP contribution in [0.1, 0.15) is 31.3 Å². The number of hydrogen-bond acceptors (Lipinski definition) is 5. The molecule has 1 aromatic carbocycles. The Labute approximate surface area is 154 Å². The van der Waals surface area contributed by atoms with Gasteiger partial charge in [0, 0.05) is 45.5 Å². The molecule has 4 rings (SSSR count). The van der Waals surface area contributed by atoms with E-state index in [4.69, 9.17) is 4.74 Å². The number of ether oxygens (including phenoxy) is 1. The lowest BCUT2D eigenvalue weighted by molar-refractivity contribution is 0.138. The van der Waals surface area contributed by atoms with E-state index in [0.29, 0.717) is 31.0 Å². The lowest BCUT2D eigenvalue weighted by Crippen LogP contribution is -2.49. The first-order chi connectivity index (χ1) is 12.3. The van der Waals surface area contributed by atoms with Crippen LogP contribution in [0.3, 0.4) is 0 Å². The van der Waals surface area contributed by atoms with E-state index >= 15 is 0 Å². The molecule has 1 N–H and O–H groups in total. The minimum absolute atomic E-state index is 0.296. The van der Waals surface area contributed by atoms with Gasteiger partial charge in [-0.15, -0.1) is 0 Å². The van der Waals surface area contributed by atoms with Crippen LogP contribution in [0.15, 0.2) is 35.5 Å². The smallest absolute Gasteiger partial charge is 0.243 e. The van der Waals surface area contributed by atoms with Crippen molar-refractivity contribution in [3.8, 4) is 5.75 Å². The Morgan fingerprint density at radius 2 is 2.15 bits per heavy atom. The number of sulfonamides is 1. The Kier molecular flexibility index (Phi) is 4.09. The number of rotatable bonds is 3. The Morgan fingerprint density at radius 1 is 1.35 bits per heavy atom. The zero-order valence-corrected chi connectivity index (χ0v) is 16.1. The summed E-state index contributed by atoms with van der Waals surface area (Å²) >= 11 is 0. The van der Waals surface area contributed by atoms with Crippen LogP contribution in [0, 0.1) is 0 Å². The van der Waals surface area contributed by atoms with Gasteiger partial charge in [0.2, 0.25) is 10.0 Å². The van der Waals surface area contributed by atoms with E-state index in [2.05, 4.69) is 10.3 Å². The maximum Gasteiger partial charge on any atom is 0.243 e. The summed E-state index contributed by atoms with van der Waals surface area (Å²) in [5.74, 6) is 1.52. The molecule has 0 radical (unpaired) electrons. The summed E-state index contributed by atoms with van der Waals surface area (Å²) in [5.41, 5.74) is 0.648. The van der Waals surface area contributed by atoms with Gasteiger partial charge in [0.05, 0.1) is 10.9 Å². The first-order valence-corrected chi connectivity index (χ1v) is 10.2. The molecular weight excluding hydrogens is 352 g/mol. The van der Waals surface area contributed by atoms with Gasteiger partial charge in [-0.3, -0.25) is 0 Å². The van der Waals surface area contributed by atoms with Gasteiger partial charge in [-0.05, 0) is 37.6 Å². The number of fused-ring (bicyclic) bond motifs is 1. The number of nitrogens with zero attached hydrogens (tertiary/aromatic N) is 3. The maximum atomic E-state index is 13.4. The van der Waals surface area contributed by atoms with Crippen molar-refractivity contribution in [1.82, 2.24) is 19.2 Å². The Hall–Kier alpha value is -1.90. The third-order valence-corrected chi connectivity index (χ3v) is 6.90. The fraction of sp³-hybridized carbons (Fsp3) is 0.500. The van der Waals surface area contributed by atoms with Crippen LogP contribution >= 0.6 is 0 Å². The summed E-state index contributed by atoms with van der Waals surface area (Å²) in [6.07, 6.45) is 4.24. The van der Waals surface area contributed by atoms with Crippen LogP contribution in [-0.4, -0.2) is 47.5 Å². The standard InChI is InChI=1S/C18H24N4O3S/c1-18(2)11-13-10-14(4-5-16(13)25-18)26(23,24)22-9-6-19-12-15(22)17-20-7-8-21(17)3/h4-5,7-8,10,15,19H,6,9,11-12H2,1-3H3. The fourth-order valence-corrected chi connectivity index (χ4v) is 5.41. The molecule has 2 aliphatic heterocycles. The fourth-order valence-electron chi connectivity index (χ4n) is 3.77. The van der Waals surface area contributed by atoms with Crippen LogP contribution in [0.2, 0.25) is 0 Å². The highest BCUT2D eigenvalue weighted by Gasteiger charge is 2.38. The van der Waals surface area contributed by atoms with E-state index in [1.807, 2.05) is 31.7 Å². The quantitative estimate of drug-likeness (QED) is 0.878. The second kappa shape index (κ2) is 6.07. The zero-order valence-electron chi connectivity index (χ0n) is 15.3. The summed E-state index contributed by atoms with van der Waals surface area (Å²) in [4.78, 5) is 4.69. The molecule has 2 aromatic rings. The van der Waals surface area contributed by atoms with Crippen LogP contribution in [0.25, 0.3) is 0 Å². The normalized spacial score (nSPS) is 22.8. The average Bonchev–Trinajstić information content (AvgIpc) is 3.15. The molecule has 0 amide bonds. The lowest BCUT2D eigenvalue weighted by Gasteiger charge is -2.34. The predicted octanol–water partition coefficient (Wildman–Crippen LogP) is 1.47. The van der Waals surface area contributed by atoms with Crippen LogP contribution in [0.5, 0.6) is 5.75 Å². The van der Waals surface area contributed by atoms with Crippen LogP contribution in [0.4, 0.5) is 0 Å². The molecule has 140 valence electrons. The van der Waals surface area contributed by atoms with Crippen molar-refractivity contribution in [2.24, 2.45) is 7.05 Å². The van der Waals surface area contributed by atoms with E-state index in [9.17, 15) is 8.42 Å². The topological polar surface area (TPSA) is 76.5 Å². The van der Waals surface area contributed by atoms with E-state index < -0.39 is 10.0 Å². The van der Waals surface area contributed by atoms with Gasteiger partial charge in [0.15, 0.2) is 0 Å². The van der Waals surface area contributed by atoms with Crippen LogP contribution in [-0.2, 0) is 23.5 Å². The number of nitrogens with one attached hydrogen (secondary N) is 1. The first kappa shape index (κ1) is 17.5. The van der Waals surface area contributed by atoms with Gasteiger partial charge in [0.25, 0.3) is 0 Å². The number of imidazole rings is 1. The number of hydrogen-bond donors (Lipinski definition) is 1. The van der Waals surface area contributed by atoms with E-state index in [1.165, 1.54) is 0 Å². The summed E-state index contributed by atoms with van der Waals surface area (Å²) in [5, 5.41) is 3.28. The lowest BCUT2D eigenvalue weighted by atomic mass is 10.0. The number of piperazine rings is 1. The highest BCUT2D eigenvalue weighted by Crippen LogP contribution is 2.37. The summed E-state index contributed by atoms with van der Waals surface area (Å²) in [6, 6.07) is 4.86. The molecule has 7 nitrogen and oxygen atoms in total. The Morgan fingerprint density at radius 3 is 2.88 bits per heavy atom. The van der Waals surface area contributed by atoms with Gasteiger partial charge in [-0.2, -0.15) is 4.31 Å². The van der Waals surface area contributed by atoms with Crippen molar-refractivity contribution in [3.63, 3.8) is 0 Å².